The lowest BCUT2D eigenvalue weighted by Gasteiger charge is -2.35. The molecule has 2 amide bonds. The lowest BCUT2D eigenvalue weighted by molar-refractivity contribution is 0.131. The molecule has 1 aliphatic heterocycles. The van der Waals surface area contributed by atoms with Gasteiger partial charge in [0.2, 0.25) is 0 Å². The number of carbonyl (C=O) groups excluding carboxylic acids is 1. The highest BCUT2D eigenvalue weighted by atomic mass is 16.2. The van der Waals surface area contributed by atoms with Gasteiger partial charge in [0.05, 0.1) is 0 Å². The van der Waals surface area contributed by atoms with Crippen LogP contribution in [0.4, 0.5) is 4.79 Å². The van der Waals surface area contributed by atoms with E-state index in [-0.39, 0.29) is 6.03 Å². The second-order valence-corrected chi connectivity index (χ2v) is 6.78. The van der Waals surface area contributed by atoms with E-state index in [1.807, 2.05) is 29.3 Å². The Labute approximate surface area is 148 Å². The van der Waals surface area contributed by atoms with Crippen LogP contribution >= 0.6 is 0 Å². The molecule has 7 heteroatoms. The van der Waals surface area contributed by atoms with Crippen molar-refractivity contribution in [3.63, 3.8) is 0 Å². The Bertz CT molecular complexity index is 677. The van der Waals surface area contributed by atoms with E-state index in [0.29, 0.717) is 12.5 Å². The topological polar surface area (TPSA) is 66.3 Å². The molecule has 3 rings (SSSR count). The minimum absolute atomic E-state index is 0.0144. The lowest BCUT2D eigenvalue weighted by atomic mass is 10.2. The monoisotopic (exact) mass is 342 g/mol. The number of carbonyl (C=O) groups is 1. The molecule has 0 aliphatic carbocycles. The highest BCUT2D eigenvalue weighted by Crippen LogP contribution is 2.11. The summed E-state index contributed by atoms with van der Waals surface area (Å²) in [5.74, 6) is 1.40. The van der Waals surface area contributed by atoms with E-state index in [1.165, 1.54) is 0 Å². The summed E-state index contributed by atoms with van der Waals surface area (Å²) in [6, 6.07) is 5.68. The SMILES string of the molecule is CC(C)CN1CCN(C(=O)NCc2cccnc2-n2cccn2)CC1. The summed E-state index contributed by atoms with van der Waals surface area (Å²) >= 11 is 0. The summed E-state index contributed by atoms with van der Waals surface area (Å²) in [5, 5.41) is 7.24. The summed E-state index contributed by atoms with van der Waals surface area (Å²) in [6.07, 6.45) is 5.30. The van der Waals surface area contributed by atoms with Crippen LogP contribution in [0.25, 0.3) is 5.82 Å². The van der Waals surface area contributed by atoms with Crippen LogP contribution < -0.4 is 5.32 Å². The molecule has 0 unspecified atom stereocenters. The van der Waals surface area contributed by atoms with Crippen LogP contribution in [0.3, 0.4) is 0 Å². The Balaban J connectivity index is 1.54. The number of nitrogens with zero attached hydrogens (tertiary/aromatic N) is 5. The number of aromatic nitrogens is 3. The van der Waals surface area contributed by atoms with Crippen molar-refractivity contribution in [1.82, 2.24) is 29.9 Å². The fourth-order valence-electron chi connectivity index (χ4n) is 3.10. The van der Waals surface area contributed by atoms with Gasteiger partial charge in [0.15, 0.2) is 5.82 Å². The highest BCUT2D eigenvalue weighted by molar-refractivity contribution is 5.74. The number of nitrogens with one attached hydrogen (secondary N) is 1. The van der Waals surface area contributed by atoms with Gasteiger partial charge in [-0.1, -0.05) is 19.9 Å². The van der Waals surface area contributed by atoms with Gasteiger partial charge >= 0.3 is 6.03 Å². The standard InChI is InChI=1S/C18H26N6O/c1-15(2)14-22-9-11-23(12-10-22)18(25)20-13-16-5-3-6-19-17(16)24-8-4-7-21-24/h3-8,15H,9-14H2,1-2H3,(H,20,25). The van der Waals surface area contributed by atoms with Gasteiger partial charge in [0, 0.05) is 63.4 Å². The molecule has 0 spiro atoms. The van der Waals surface area contributed by atoms with Gasteiger partial charge in [-0.3, -0.25) is 4.90 Å². The molecule has 1 aliphatic rings. The van der Waals surface area contributed by atoms with Crippen molar-refractivity contribution in [1.29, 1.82) is 0 Å². The molecule has 1 fully saturated rings. The molecule has 1 N–H and O–H groups in total. The number of piperazine rings is 1. The van der Waals surface area contributed by atoms with Crippen molar-refractivity contribution in [2.24, 2.45) is 5.92 Å². The third kappa shape index (κ3) is 4.57. The van der Waals surface area contributed by atoms with Gasteiger partial charge in [-0.2, -0.15) is 5.10 Å². The van der Waals surface area contributed by atoms with Crippen LogP contribution in [-0.2, 0) is 6.54 Å². The second-order valence-electron chi connectivity index (χ2n) is 6.78. The maximum absolute atomic E-state index is 12.5. The minimum atomic E-state index is -0.0144. The quantitative estimate of drug-likeness (QED) is 0.899. The van der Waals surface area contributed by atoms with Crippen molar-refractivity contribution in [3.05, 3.63) is 42.4 Å². The van der Waals surface area contributed by atoms with E-state index in [2.05, 4.69) is 34.1 Å². The summed E-state index contributed by atoms with van der Waals surface area (Å²) in [5.41, 5.74) is 0.943. The van der Waals surface area contributed by atoms with Gasteiger partial charge in [0.25, 0.3) is 0 Å². The first-order valence-electron chi connectivity index (χ1n) is 8.82. The lowest BCUT2D eigenvalue weighted by Crippen LogP contribution is -2.52. The molecule has 0 bridgehead atoms. The molecule has 0 radical (unpaired) electrons. The van der Waals surface area contributed by atoms with Gasteiger partial charge in [-0.25, -0.2) is 14.5 Å². The first-order chi connectivity index (χ1) is 12.1. The molecule has 2 aromatic rings. The Morgan fingerprint density at radius 3 is 2.68 bits per heavy atom. The highest BCUT2D eigenvalue weighted by Gasteiger charge is 2.21. The third-order valence-electron chi connectivity index (χ3n) is 4.30. The Hall–Kier alpha value is -2.41. The number of amides is 2. The van der Waals surface area contributed by atoms with Crippen molar-refractivity contribution in [2.75, 3.05) is 32.7 Å². The number of hydrogen-bond donors (Lipinski definition) is 1. The predicted octanol–water partition coefficient (Wildman–Crippen LogP) is 1.75. The Morgan fingerprint density at radius 1 is 1.20 bits per heavy atom. The molecule has 1 saturated heterocycles. The van der Waals surface area contributed by atoms with Gasteiger partial charge < -0.3 is 10.2 Å². The summed E-state index contributed by atoms with van der Waals surface area (Å²) < 4.78 is 1.71. The van der Waals surface area contributed by atoms with E-state index in [4.69, 9.17) is 0 Å². The van der Waals surface area contributed by atoms with E-state index in [1.54, 1.807) is 17.1 Å². The number of rotatable bonds is 5. The molecule has 0 saturated carbocycles. The zero-order valence-corrected chi connectivity index (χ0v) is 14.9. The molecule has 7 nitrogen and oxygen atoms in total. The molecular formula is C18H26N6O. The predicted molar refractivity (Wildman–Crippen MR) is 96.4 cm³/mol. The molecule has 3 heterocycles. The van der Waals surface area contributed by atoms with Crippen molar-refractivity contribution < 1.29 is 4.79 Å². The van der Waals surface area contributed by atoms with Crippen molar-refractivity contribution in [2.45, 2.75) is 20.4 Å². The zero-order chi connectivity index (χ0) is 17.6. The van der Waals surface area contributed by atoms with E-state index < -0.39 is 0 Å². The second kappa shape index (κ2) is 8.11. The summed E-state index contributed by atoms with van der Waals surface area (Å²) in [6.45, 7) is 9.42. The average molecular weight is 342 g/mol. The minimum Gasteiger partial charge on any atom is -0.334 e. The van der Waals surface area contributed by atoms with E-state index in [9.17, 15) is 4.79 Å². The van der Waals surface area contributed by atoms with Crippen molar-refractivity contribution >= 4 is 6.03 Å². The van der Waals surface area contributed by atoms with E-state index in [0.717, 1.165) is 44.1 Å². The molecule has 2 aromatic heterocycles. The van der Waals surface area contributed by atoms with Gasteiger partial charge in [-0.15, -0.1) is 0 Å². The zero-order valence-electron chi connectivity index (χ0n) is 14.9. The maximum atomic E-state index is 12.5. The first kappa shape index (κ1) is 17.4. The number of urea groups is 1. The molecule has 25 heavy (non-hydrogen) atoms. The normalized spacial score (nSPS) is 15.6. The van der Waals surface area contributed by atoms with Crippen LogP contribution in [0, 0.1) is 5.92 Å². The van der Waals surface area contributed by atoms with Crippen LogP contribution in [0.2, 0.25) is 0 Å². The largest absolute Gasteiger partial charge is 0.334 e. The maximum Gasteiger partial charge on any atom is 0.317 e. The first-order valence-corrected chi connectivity index (χ1v) is 8.82. The Kier molecular flexibility index (Phi) is 5.65. The summed E-state index contributed by atoms with van der Waals surface area (Å²) in [7, 11) is 0. The fourth-order valence-corrected chi connectivity index (χ4v) is 3.10. The average Bonchev–Trinajstić information content (AvgIpc) is 3.14. The van der Waals surface area contributed by atoms with Crippen LogP contribution in [0.1, 0.15) is 19.4 Å². The fraction of sp³-hybridized carbons (Fsp3) is 0.500. The number of hydrogen-bond acceptors (Lipinski definition) is 4. The molecular weight excluding hydrogens is 316 g/mol. The van der Waals surface area contributed by atoms with Crippen LogP contribution in [0.5, 0.6) is 0 Å². The van der Waals surface area contributed by atoms with Crippen LogP contribution in [0.15, 0.2) is 36.8 Å². The Morgan fingerprint density at radius 2 is 2.00 bits per heavy atom. The molecule has 0 aromatic carbocycles. The summed E-state index contributed by atoms with van der Waals surface area (Å²) in [4.78, 5) is 21.1. The third-order valence-corrected chi connectivity index (χ3v) is 4.30. The van der Waals surface area contributed by atoms with Gasteiger partial charge in [-0.05, 0) is 18.1 Å². The molecule has 134 valence electrons. The van der Waals surface area contributed by atoms with E-state index >= 15 is 0 Å². The number of pyridine rings is 1. The van der Waals surface area contributed by atoms with Gasteiger partial charge in [0.1, 0.15) is 0 Å². The smallest absolute Gasteiger partial charge is 0.317 e. The van der Waals surface area contributed by atoms with Crippen molar-refractivity contribution in [3.8, 4) is 5.82 Å². The van der Waals surface area contributed by atoms with Crippen LogP contribution in [-0.4, -0.2) is 63.3 Å². The molecule has 0 atom stereocenters.